The van der Waals surface area contributed by atoms with Crippen LogP contribution < -0.4 is 0 Å². The van der Waals surface area contributed by atoms with Gasteiger partial charge in [0.1, 0.15) is 5.75 Å². The average Bonchev–Trinajstić information content (AvgIpc) is 3.08. The summed E-state index contributed by atoms with van der Waals surface area (Å²) in [5, 5.41) is 11.3. The lowest BCUT2D eigenvalue weighted by atomic mass is 9.90. The minimum atomic E-state index is -0.796. The predicted molar refractivity (Wildman–Crippen MR) is 93.7 cm³/mol. The molecule has 3 unspecified atom stereocenters. The molecule has 0 bridgehead atoms. The van der Waals surface area contributed by atoms with Gasteiger partial charge >= 0.3 is 0 Å². The molecule has 6 heteroatoms. The van der Waals surface area contributed by atoms with Crippen LogP contribution in [0.4, 0.5) is 0 Å². The van der Waals surface area contributed by atoms with Crippen LogP contribution in [0, 0.1) is 12.8 Å². The molecule has 6 nitrogen and oxygen atoms in total. The summed E-state index contributed by atoms with van der Waals surface area (Å²) in [4.78, 5) is 32.8. The first-order valence-electron chi connectivity index (χ1n) is 8.55. The summed E-state index contributed by atoms with van der Waals surface area (Å²) in [5.74, 6) is -0.899. The normalized spacial score (nSPS) is 25.8. The number of carbonyl (C=O) groups excluding carboxylic acids is 2. The molecule has 2 heterocycles. The van der Waals surface area contributed by atoms with Gasteiger partial charge in [0.05, 0.1) is 18.5 Å². The minimum absolute atomic E-state index is 0.200. The van der Waals surface area contributed by atoms with E-state index in [1.807, 2.05) is 36.4 Å². The second-order valence-electron chi connectivity index (χ2n) is 6.84. The Morgan fingerprint density at radius 2 is 1.81 bits per heavy atom. The number of imide groups is 1. The molecule has 2 aromatic rings. The van der Waals surface area contributed by atoms with Gasteiger partial charge in [0.25, 0.3) is 5.91 Å². The Hall–Kier alpha value is -2.70. The summed E-state index contributed by atoms with van der Waals surface area (Å²) in [6.45, 7) is 2.05. The van der Waals surface area contributed by atoms with E-state index in [1.54, 1.807) is 31.2 Å². The number of nitrogens with zero attached hydrogens (tertiary/aromatic N) is 2. The highest BCUT2D eigenvalue weighted by Crippen LogP contribution is 2.44. The Morgan fingerprint density at radius 1 is 1.08 bits per heavy atom. The van der Waals surface area contributed by atoms with Crippen molar-refractivity contribution in [3.05, 3.63) is 65.2 Å². The smallest absolute Gasteiger partial charge is 0.261 e. The zero-order valence-electron chi connectivity index (χ0n) is 14.6. The molecule has 2 fully saturated rings. The number of amides is 2. The molecule has 0 spiro atoms. The largest absolute Gasteiger partial charge is 0.508 e. The summed E-state index contributed by atoms with van der Waals surface area (Å²) in [5.41, 5.74) is 2.47. The Morgan fingerprint density at radius 3 is 2.50 bits per heavy atom. The molecule has 2 saturated heterocycles. The van der Waals surface area contributed by atoms with E-state index in [9.17, 15) is 14.7 Å². The van der Waals surface area contributed by atoms with Crippen LogP contribution in [0.3, 0.4) is 0 Å². The molecule has 0 radical (unpaired) electrons. The second-order valence-corrected chi connectivity index (χ2v) is 6.84. The van der Waals surface area contributed by atoms with E-state index in [1.165, 1.54) is 4.90 Å². The third-order valence-electron chi connectivity index (χ3n) is 5.14. The van der Waals surface area contributed by atoms with Crippen molar-refractivity contribution in [2.24, 2.45) is 5.92 Å². The number of phenols is 1. The highest BCUT2D eigenvalue weighted by atomic mass is 16.7. The lowest BCUT2D eigenvalue weighted by Gasteiger charge is -2.24. The Balaban J connectivity index is 1.65. The zero-order chi connectivity index (χ0) is 18.4. The van der Waals surface area contributed by atoms with Gasteiger partial charge in [-0.05, 0) is 29.7 Å². The fraction of sp³-hybridized carbons (Fsp3) is 0.300. The number of hydrogen-bond donors (Lipinski definition) is 1. The summed E-state index contributed by atoms with van der Waals surface area (Å²) >= 11 is 0. The molecule has 1 N–H and O–H groups in total. The molecular weight excluding hydrogens is 332 g/mol. The van der Waals surface area contributed by atoms with Crippen LogP contribution in [0.1, 0.15) is 22.7 Å². The summed E-state index contributed by atoms with van der Waals surface area (Å²) in [6.07, 6.45) is -0.796. The number of fused-ring (bicyclic) bond motifs is 1. The van der Waals surface area contributed by atoms with Crippen molar-refractivity contribution in [3.8, 4) is 5.75 Å². The number of benzene rings is 2. The van der Waals surface area contributed by atoms with Crippen molar-refractivity contribution >= 4 is 11.8 Å². The van der Waals surface area contributed by atoms with Crippen LogP contribution in [0.15, 0.2) is 48.5 Å². The quantitative estimate of drug-likeness (QED) is 0.858. The number of aryl methyl sites for hydroxylation is 1. The van der Waals surface area contributed by atoms with Crippen molar-refractivity contribution in [1.82, 2.24) is 9.96 Å². The Kier molecular flexibility index (Phi) is 4.01. The molecule has 3 atom stereocenters. The number of rotatable bonds is 3. The van der Waals surface area contributed by atoms with Crippen molar-refractivity contribution in [3.63, 3.8) is 0 Å². The monoisotopic (exact) mass is 352 g/mol. The lowest BCUT2D eigenvalue weighted by molar-refractivity contribution is -0.170. The van der Waals surface area contributed by atoms with Crippen molar-refractivity contribution < 1.29 is 19.5 Å². The van der Waals surface area contributed by atoms with Crippen molar-refractivity contribution in [2.75, 3.05) is 7.05 Å². The van der Waals surface area contributed by atoms with Gasteiger partial charge in [0.2, 0.25) is 5.91 Å². The average molecular weight is 352 g/mol. The van der Waals surface area contributed by atoms with E-state index in [2.05, 4.69) is 0 Å². The first kappa shape index (κ1) is 16.8. The molecule has 0 aromatic heterocycles. The van der Waals surface area contributed by atoms with Crippen LogP contribution in [-0.4, -0.2) is 40.0 Å². The Labute approximate surface area is 151 Å². The third kappa shape index (κ3) is 2.58. The van der Waals surface area contributed by atoms with E-state index in [-0.39, 0.29) is 30.2 Å². The summed E-state index contributed by atoms with van der Waals surface area (Å²) in [7, 11) is 1.73. The standard InChI is InChI=1S/C20H20N2O4/c1-12-10-14(8-9-15(12)23)17-16-18(26-21(17)2)20(25)22(19(16)24)11-13-6-4-3-5-7-13/h3-10,16-18,23H,11H2,1-2H3. The third-order valence-corrected chi connectivity index (χ3v) is 5.14. The van der Waals surface area contributed by atoms with Crippen LogP contribution >= 0.6 is 0 Å². The molecule has 4 rings (SSSR count). The van der Waals surface area contributed by atoms with Crippen molar-refractivity contribution in [2.45, 2.75) is 25.6 Å². The number of carbonyl (C=O) groups is 2. The van der Waals surface area contributed by atoms with Gasteiger partial charge in [-0.25, -0.2) is 0 Å². The topological polar surface area (TPSA) is 70.1 Å². The number of hydroxylamine groups is 2. The van der Waals surface area contributed by atoms with Gasteiger partial charge in [0, 0.05) is 7.05 Å². The predicted octanol–water partition coefficient (Wildman–Crippen LogP) is 2.17. The van der Waals surface area contributed by atoms with Gasteiger partial charge in [-0.3, -0.25) is 19.3 Å². The second kappa shape index (κ2) is 6.23. The highest BCUT2D eigenvalue weighted by Gasteiger charge is 2.58. The number of aromatic hydroxyl groups is 1. The van der Waals surface area contributed by atoms with E-state index < -0.39 is 12.0 Å². The van der Waals surface area contributed by atoms with E-state index in [0.717, 1.165) is 16.7 Å². The first-order valence-corrected chi connectivity index (χ1v) is 8.55. The van der Waals surface area contributed by atoms with Gasteiger partial charge in [-0.15, -0.1) is 0 Å². The molecule has 26 heavy (non-hydrogen) atoms. The number of hydrogen-bond acceptors (Lipinski definition) is 5. The van der Waals surface area contributed by atoms with Gasteiger partial charge in [0.15, 0.2) is 6.10 Å². The van der Waals surface area contributed by atoms with E-state index in [4.69, 9.17) is 4.84 Å². The molecule has 0 saturated carbocycles. The molecule has 2 aliphatic rings. The van der Waals surface area contributed by atoms with Crippen LogP contribution in [0.2, 0.25) is 0 Å². The fourth-order valence-electron chi connectivity index (χ4n) is 3.81. The van der Waals surface area contributed by atoms with Crippen LogP contribution in [0.25, 0.3) is 0 Å². The molecule has 0 aliphatic carbocycles. The molecule has 134 valence electrons. The van der Waals surface area contributed by atoms with Crippen LogP contribution in [0.5, 0.6) is 5.75 Å². The summed E-state index contributed by atoms with van der Waals surface area (Å²) in [6, 6.07) is 14.3. The number of likely N-dealkylation sites (tertiary alicyclic amines) is 1. The van der Waals surface area contributed by atoms with Gasteiger partial charge in [-0.1, -0.05) is 42.5 Å². The molecular formula is C20H20N2O4. The maximum absolute atomic E-state index is 13.0. The molecule has 2 aliphatic heterocycles. The maximum atomic E-state index is 13.0. The zero-order valence-corrected chi connectivity index (χ0v) is 14.6. The molecule has 2 aromatic carbocycles. The number of phenolic OH excluding ortho intramolecular Hbond substituents is 1. The van der Waals surface area contributed by atoms with E-state index in [0.29, 0.717) is 0 Å². The van der Waals surface area contributed by atoms with Gasteiger partial charge in [-0.2, -0.15) is 5.06 Å². The molecule has 2 amide bonds. The van der Waals surface area contributed by atoms with E-state index >= 15 is 0 Å². The van der Waals surface area contributed by atoms with Gasteiger partial charge < -0.3 is 5.11 Å². The van der Waals surface area contributed by atoms with Crippen LogP contribution in [-0.2, 0) is 21.0 Å². The maximum Gasteiger partial charge on any atom is 0.261 e. The first-order chi connectivity index (χ1) is 12.5. The highest BCUT2D eigenvalue weighted by molar-refractivity contribution is 6.07. The summed E-state index contributed by atoms with van der Waals surface area (Å²) < 4.78 is 0. The Bertz CT molecular complexity index is 867. The minimum Gasteiger partial charge on any atom is -0.508 e. The lowest BCUT2D eigenvalue weighted by Crippen LogP contribution is -2.35. The fourth-order valence-corrected chi connectivity index (χ4v) is 3.81. The SMILES string of the molecule is Cc1cc(C2C3C(=O)N(Cc4ccccc4)C(=O)C3ON2C)ccc1O. The van der Waals surface area contributed by atoms with Crippen molar-refractivity contribution in [1.29, 1.82) is 0 Å².